The van der Waals surface area contributed by atoms with Gasteiger partial charge in [-0.3, -0.25) is 9.79 Å². The summed E-state index contributed by atoms with van der Waals surface area (Å²) >= 11 is 0. The van der Waals surface area contributed by atoms with Crippen LogP contribution in [0.3, 0.4) is 0 Å². The zero-order valence-electron chi connectivity index (χ0n) is 15.2. The van der Waals surface area contributed by atoms with Crippen molar-refractivity contribution in [3.63, 3.8) is 0 Å². The Morgan fingerprint density at radius 1 is 1.21 bits per heavy atom. The van der Waals surface area contributed by atoms with Gasteiger partial charge in [0.15, 0.2) is 5.96 Å². The molecule has 0 radical (unpaired) electrons. The predicted molar refractivity (Wildman–Crippen MR) is 97.7 cm³/mol. The smallest absolute Gasteiger partial charge is 0.217 e. The van der Waals surface area contributed by atoms with Gasteiger partial charge < -0.3 is 16.0 Å². The Hall–Kier alpha value is -1.26. The number of likely N-dealkylation sites (tertiary alicyclic amines) is 1. The maximum atomic E-state index is 11.2. The molecule has 3 fully saturated rings. The molecule has 3 unspecified atom stereocenters. The van der Waals surface area contributed by atoms with Gasteiger partial charge in [-0.2, -0.15) is 0 Å². The number of aliphatic imine (C=N–C) groups is 1. The second-order valence-corrected chi connectivity index (χ2v) is 7.97. The van der Waals surface area contributed by atoms with Crippen LogP contribution in [0.2, 0.25) is 0 Å². The SMILES string of the molecule is CCN=C(NC1CC1C1CCCCC1)N1CCCC(CC(N)=O)C1. The summed E-state index contributed by atoms with van der Waals surface area (Å²) in [5.74, 6) is 3.06. The molecule has 0 aromatic carbocycles. The highest BCUT2D eigenvalue weighted by molar-refractivity contribution is 5.81. The summed E-state index contributed by atoms with van der Waals surface area (Å²) in [7, 11) is 0. The van der Waals surface area contributed by atoms with Crippen LogP contribution < -0.4 is 11.1 Å². The lowest BCUT2D eigenvalue weighted by Crippen LogP contribution is -2.48. The molecule has 3 rings (SSSR count). The summed E-state index contributed by atoms with van der Waals surface area (Å²) in [6, 6.07) is 0.620. The molecule has 0 aromatic rings. The van der Waals surface area contributed by atoms with Gasteiger partial charge in [0.05, 0.1) is 0 Å². The summed E-state index contributed by atoms with van der Waals surface area (Å²) in [5.41, 5.74) is 5.39. The molecule has 3 atom stereocenters. The minimum absolute atomic E-state index is 0.177. The third-order valence-corrected chi connectivity index (χ3v) is 6.03. The van der Waals surface area contributed by atoms with Gasteiger partial charge in [-0.25, -0.2) is 0 Å². The number of carbonyl (C=O) groups is 1. The summed E-state index contributed by atoms with van der Waals surface area (Å²) < 4.78 is 0. The largest absolute Gasteiger partial charge is 0.370 e. The van der Waals surface area contributed by atoms with E-state index >= 15 is 0 Å². The van der Waals surface area contributed by atoms with E-state index in [1.807, 2.05) is 0 Å². The molecular formula is C19H34N4O. The second kappa shape index (κ2) is 8.21. The van der Waals surface area contributed by atoms with Gasteiger partial charge in [-0.05, 0) is 43.9 Å². The molecule has 2 saturated carbocycles. The van der Waals surface area contributed by atoms with Crippen molar-refractivity contribution in [1.29, 1.82) is 0 Å². The minimum Gasteiger partial charge on any atom is -0.370 e. The molecule has 3 aliphatic rings. The van der Waals surface area contributed by atoms with Crippen LogP contribution in [0.15, 0.2) is 4.99 Å². The summed E-state index contributed by atoms with van der Waals surface area (Å²) in [4.78, 5) is 18.3. The Bertz CT molecular complexity index is 458. The van der Waals surface area contributed by atoms with Crippen molar-refractivity contribution in [3.8, 4) is 0 Å². The van der Waals surface area contributed by atoms with E-state index in [0.29, 0.717) is 18.4 Å². The molecule has 3 N–H and O–H groups in total. The molecule has 1 amide bonds. The van der Waals surface area contributed by atoms with E-state index in [1.54, 1.807) is 0 Å². The number of piperidine rings is 1. The van der Waals surface area contributed by atoms with Crippen molar-refractivity contribution in [2.45, 2.75) is 70.8 Å². The number of nitrogens with zero attached hydrogens (tertiary/aromatic N) is 2. The second-order valence-electron chi connectivity index (χ2n) is 7.97. The van der Waals surface area contributed by atoms with Crippen molar-refractivity contribution in [3.05, 3.63) is 0 Å². The highest BCUT2D eigenvalue weighted by atomic mass is 16.1. The normalized spacial score (nSPS) is 31.8. The zero-order valence-corrected chi connectivity index (χ0v) is 15.2. The Morgan fingerprint density at radius 3 is 2.71 bits per heavy atom. The minimum atomic E-state index is -0.177. The standard InChI is InChI=1S/C19H34N4O/c1-2-21-19(23-10-6-7-14(13-23)11-18(20)24)22-17-12-16(17)15-8-4-3-5-9-15/h14-17H,2-13H2,1H3,(H2,20,24)(H,21,22). The number of nitrogens with two attached hydrogens (primary N) is 1. The first kappa shape index (κ1) is 17.6. The molecule has 0 bridgehead atoms. The number of primary amides is 1. The lowest BCUT2D eigenvalue weighted by molar-refractivity contribution is -0.119. The molecular weight excluding hydrogens is 300 g/mol. The molecule has 0 spiro atoms. The first-order valence-electron chi connectivity index (χ1n) is 10.0. The third kappa shape index (κ3) is 4.64. The highest BCUT2D eigenvalue weighted by Gasteiger charge is 2.44. The van der Waals surface area contributed by atoms with Gasteiger partial charge in [0.25, 0.3) is 0 Å². The maximum Gasteiger partial charge on any atom is 0.217 e. The summed E-state index contributed by atoms with van der Waals surface area (Å²) in [6.07, 6.45) is 11.2. The molecule has 24 heavy (non-hydrogen) atoms. The Balaban J connectivity index is 1.53. The number of carbonyl (C=O) groups excluding carboxylic acids is 1. The van der Waals surface area contributed by atoms with E-state index in [-0.39, 0.29) is 5.91 Å². The fourth-order valence-corrected chi connectivity index (χ4v) is 4.73. The average molecular weight is 335 g/mol. The third-order valence-electron chi connectivity index (χ3n) is 6.03. The highest BCUT2D eigenvalue weighted by Crippen LogP contribution is 2.44. The number of guanidine groups is 1. The lowest BCUT2D eigenvalue weighted by atomic mass is 9.85. The lowest BCUT2D eigenvalue weighted by Gasteiger charge is -2.35. The number of nitrogens with one attached hydrogen (secondary N) is 1. The van der Waals surface area contributed by atoms with Crippen LogP contribution in [0.1, 0.15) is 64.7 Å². The fourth-order valence-electron chi connectivity index (χ4n) is 4.73. The van der Waals surface area contributed by atoms with Crippen LogP contribution in [0.4, 0.5) is 0 Å². The van der Waals surface area contributed by atoms with Crippen molar-refractivity contribution < 1.29 is 4.79 Å². The van der Waals surface area contributed by atoms with Crippen LogP contribution >= 0.6 is 0 Å². The average Bonchev–Trinajstić information content (AvgIpc) is 3.34. The molecule has 5 heteroatoms. The van der Waals surface area contributed by atoms with E-state index in [1.165, 1.54) is 38.5 Å². The molecule has 0 aromatic heterocycles. The number of hydrogen-bond donors (Lipinski definition) is 2. The van der Waals surface area contributed by atoms with Gasteiger partial charge in [-0.1, -0.05) is 32.1 Å². The van der Waals surface area contributed by atoms with Gasteiger partial charge >= 0.3 is 0 Å². The fraction of sp³-hybridized carbons (Fsp3) is 0.895. The predicted octanol–water partition coefficient (Wildman–Crippen LogP) is 2.51. The first-order valence-corrected chi connectivity index (χ1v) is 10.0. The summed E-state index contributed by atoms with van der Waals surface area (Å²) in [6.45, 7) is 4.86. The Labute approximate surface area is 146 Å². The quantitative estimate of drug-likeness (QED) is 0.599. The van der Waals surface area contributed by atoms with Crippen molar-refractivity contribution >= 4 is 11.9 Å². The molecule has 1 saturated heterocycles. The van der Waals surface area contributed by atoms with Crippen LogP contribution in [0, 0.1) is 17.8 Å². The van der Waals surface area contributed by atoms with Crippen LogP contribution in [0.25, 0.3) is 0 Å². The number of amides is 1. The van der Waals surface area contributed by atoms with E-state index in [2.05, 4.69) is 17.1 Å². The van der Waals surface area contributed by atoms with Crippen LogP contribution in [-0.2, 0) is 4.79 Å². The van der Waals surface area contributed by atoms with E-state index in [9.17, 15) is 4.79 Å². The molecule has 1 aliphatic heterocycles. The van der Waals surface area contributed by atoms with Gasteiger partial charge in [-0.15, -0.1) is 0 Å². The van der Waals surface area contributed by atoms with Crippen molar-refractivity contribution in [1.82, 2.24) is 10.2 Å². The first-order chi connectivity index (χ1) is 11.7. The molecule has 2 aliphatic carbocycles. The number of rotatable bonds is 5. The van der Waals surface area contributed by atoms with E-state index in [4.69, 9.17) is 10.7 Å². The molecule has 136 valence electrons. The zero-order chi connectivity index (χ0) is 16.9. The van der Waals surface area contributed by atoms with Crippen LogP contribution in [-0.4, -0.2) is 42.4 Å². The van der Waals surface area contributed by atoms with E-state index in [0.717, 1.165) is 50.3 Å². The van der Waals surface area contributed by atoms with Crippen molar-refractivity contribution in [2.24, 2.45) is 28.5 Å². The topological polar surface area (TPSA) is 70.7 Å². The summed E-state index contributed by atoms with van der Waals surface area (Å²) in [5, 5.41) is 3.74. The van der Waals surface area contributed by atoms with Gasteiger partial charge in [0.2, 0.25) is 5.91 Å². The van der Waals surface area contributed by atoms with E-state index < -0.39 is 0 Å². The van der Waals surface area contributed by atoms with Crippen molar-refractivity contribution in [2.75, 3.05) is 19.6 Å². The number of hydrogen-bond acceptors (Lipinski definition) is 2. The van der Waals surface area contributed by atoms with Gasteiger partial charge in [0, 0.05) is 32.1 Å². The Kier molecular flexibility index (Phi) is 6.01. The monoisotopic (exact) mass is 334 g/mol. The maximum absolute atomic E-state index is 11.2. The molecule has 1 heterocycles. The van der Waals surface area contributed by atoms with Crippen LogP contribution in [0.5, 0.6) is 0 Å². The molecule has 5 nitrogen and oxygen atoms in total. The van der Waals surface area contributed by atoms with Gasteiger partial charge in [0.1, 0.15) is 0 Å². The Morgan fingerprint density at radius 2 is 2.00 bits per heavy atom.